The lowest BCUT2D eigenvalue weighted by Gasteiger charge is -2.35. The van der Waals surface area contributed by atoms with Crippen LogP contribution in [0.3, 0.4) is 0 Å². The lowest BCUT2D eigenvalue weighted by atomic mass is 9.79. The van der Waals surface area contributed by atoms with Crippen LogP contribution in [0.5, 0.6) is 0 Å². The molecule has 3 nitrogen and oxygen atoms in total. The summed E-state index contributed by atoms with van der Waals surface area (Å²) in [6, 6.07) is 5.74. The number of pyridine rings is 1. The smallest absolute Gasteiger partial charge is 0.127 e. The summed E-state index contributed by atoms with van der Waals surface area (Å²) >= 11 is 3.34. The Balaban J connectivity index is 1.89. The van der Waals surface area contributed by atoms with E-state index >= 15 is 0 Å². The van der Waals surface area contributed by atoms with E-state index in [1.165, 1.54) is 0 Å². The van der Waals surface area contributed by atoms with Crippen LogP contribution in [0.2, 0.25) is 0 Å². The highest BCUT2D eigenvalue weighted by Crippen LogP contribution is 2.31. The van der Waals surface area contributed by atoms with Gasteiger partial charge in [0, 0.05) is 6.54 Å². The van der Waals surface area contributed by atoms with Crippen molar-refractivity contribution in [3.63, 3.8) is 0 Å². The molecule has 0 aromatic carbocycles. The summed E-state index contributed by atoms with van der Waals surface area (Å²) in [5.41, 5.74) is -0.559. The molecule has 1 aliphatic carbocycles. The zero-order valence-electron chi connectivity index (χ0n) is 10.1. The number of aliphatic hydroxyl groups is 1. The van der Waals surface area contributed by atoms with E-state index in [4.69, 9.17) is 0 Å². The number of rotatable bonds is 3. The molecule has 0 atom stereocenters. The Morgan fingerprint density at radius 2 is 2.18 bits per heavy atom. The molecule has 0 spiro atoms. The molecule has 1 heterocycles. The molecule has 0 aliphatic heterocycles. The maximum Gasteiger partial charge on any atom is 0.127 e. The maximum atomic E-state index is 10.4. The SMILES string of the molecule is CC1CCC(O)(CNc2cccc(Br)n2)CC1. The predicted octanol–water partition coefficient (Wildman–Crippen LogP) is 3.20. The Morgan fingerprint density at radius 1 is 1.47 bits per heavy atom. The van der Waals surface area contributed by atoms with Gasteiger partial charge in [0.25, 0.3) is 0 Å². The van der Waals surface area contributed by atoms with Gasteiger partial charge in [0.15, 0.2) is 0 Å². The van der Waals surface area contributed by atoms with E-state index in [0.717, 1.165) is 42.0 Å². The molecule has 0 saturated heterocycles. The van der Waals surface area contributed by atoms with Crippen molar-refractivity contribution < 1.29 is 5.11 Å². The first-order valence-corrected chi connectivity index (χ1v) is 6.95. The highest BCUT2D eigenvalue weighted by atomic mass is 79.9. The van der Waals surface area contributed by atoms with Gasteiger partial charge in [0.2, 0.25) is 0 Å². The molecule has 0 radical (unpaired) electrons. The molecule has 0 unspecified atom stereocenters. The first-order valence-electron chi connectivity index (χ1n) is 6.16. The highest BCUT2D eigenvalue weighted by Gasteiger charge is 2.31. The number of hydrogen-bond donors (Lipinski definition) is 2. The van der Waals surface area contributed by atoms with Gasteiger partial charge in [-0.15, -0.1) is 0 Å². The third-order valence-electron chi connectivity index (χ3n) is 3.52. The molecule has 1 aromatic heterocycles. The molecule has 4 heteroatoms. The zero-order chi connectivity index (χ0) is 12.3. The van der Waals surface area contributed by atoms with Crippen molar-refractivity contribution >= 4 is 21.7 Å². The van der Waals surface area contributed by atoms with Crippen LogP contribution in [-0.2, 0) is 0 Å². The fourth-order valence-corrected chi connectivity index (χ4v) is 2.58. The van der Waals surface area contributed by atoms with E-state index in [0.29, 0.717) is 6.54 Å². The van der Waals surface area contributed by atoms with Crippen molar-refractivity contribution in [3.8, 4) is 0 Å². The van der Waals surface area contributed by atoms with Crippen LogP contribution >= 0.6 is 15.9 Å². The van der Waals surface area contributed by atoms with E-state index in [9.17, 15) is 5.11 Å². The first-order chi connectivity index (χ1) is 8.07. The van der Waals surface area contributed by atoms with Gasteiger partial charge in [-0.3, -0.25) is 0 Å². The van der Waals surface area contributed by atoms with Gasteiger partial charge in [-0.25, -0.2) is 4.98 Å². The number of aromatic nitrogens is 1. The summed E-state index contributed by atoms with van der Waals surface area (Å²) in [6.45, 7) is 2.84. The standard InChI is InChI=1S/C13H19BrN2O/c1-10-5-7-13(17,8-6-10)9-15-12-4-2-3-11(14)16-12/h2-4,10,17H,5-9H2,1H3,(H,15,16). The normalized spacial score (nSPS) is 29.0. The van der Waals surface area contributed by atoms with Gasteiger partial charge in [0.1, 0.15) is 10.4 Å². The van der Waals surface area contributed by atoms with Gasteiger partial charge in [0.05, 0.1) is 5.60 Å². The maximum absolute atomic E-state index is 10.4. The Labute approximate surface area is 111 Å². The number of nitrogens with zero attached hydrogens (tertiary/aromatic N) is 1. The van der Waals surface area contributed by atoms with Crippen molar-refractivity contribution in [2.45, 2.75) is 38.2 Å². The Bertz CT molecular complexity index is 375. The average molecular weight is 299 g/mol. The second-order valence-corrected chi connectivity index (χ2v) is 5.92. The van der Waals surface area contributed by atoms with Crippen molar-refractivity contribution in [1.82, 2.24) is 4.98 Å². The van der Waals surface area contributed by atoms with Gasteiger partial charge in [-0.05, 0) is 59.7 Å². The third kappa shape index (κ3) is 3.68. The molecular formula is C13H19BrN2O. The second kappa shape index (κ2) is 5.36. The number of halogens is 1. The van der Waals surface area contributed by atoms with Crippen molar-refractivity contribution in [1.29, 1.82) is 0 Å². The molecule has 1 aliphatic rings. The quantitative estimate of drug-likeness (QED) is 0.843. The lowest BCUT2D eigenvalue weighted by Crippen LogP contribution is -2.40. The summed E-state index contributed by atoms with van der Waals surface area (Å²) in [7, 11) is 0. The number of anilines is 1. The first kappa shape index (κ1) is 12.8. The van der Waals surface area contributed by atoms with Crippen LogP contribution in [0, 0.1) is 5.92 Å². The number of hydrogen-bond acceptors (Lipinski definition) is 3. The second-order valence-electron chi connectivity index (χ2n) is 5.11. The highest BCUT2D eigenvalue weighted by molar-refractivity contribution is 9.10. The Hall–Kier alpha value is -0.610. The molecule has 1 aromatic rings. The minimum atomic E-state index is -0.559. The molecule has 17 heavy (non-hydrogen) atoms. The molecule has 0 bridgehead atoms. The summed E-state index contributed by atoms with van der Waals surface area (Å²) in [4.78, 5) is 4.30. The summed E-state index contributed by atoms with van der Waals surface area (Å²) in [6.07, 6.45) is 4.00. The predicted molar refractivity (Wildman–Crippen MR) is 73.0 cm³/mol. The topological polar surface area (TPSA) is 45.1 Å². The molecule has 2 rings (SSSR count). The third-order valence-corrected chi connectivity index (χ3v) is 3.96. The van der Waals surface area contributed by atoms with E-state index in [2.05, 4.69) is 33.2 Å². The van der Waals surface area contributed by atoms with Crippen LogP contribution in [0.15, 0.2) is 22.8 Å². The van der Waals surface area contributed by atoms with Crippen LogP contribution in [0.1, 0.15) is 32.6 Å². The Kier molecular flexibility index (Phi) is 4.05. The van der Waals surface area contributed by atoms with Crippen LogP contribution in [0.4, 0.5) is 5.82 Å². The molecular weight excluding hydrogens is 280 g/mol. The summed E-state index contributed by atoms with van der Waals surface area (Å²) in [5.74, 6) is 1.56. The molecule has 1 saturated carbocycles. The zero-order valence-corrected chi connectivity index (χ0v) is 11.7. The Morgan fingerprint density at radius 3 is 2.82 bits per heavy atom. The summed E-state index contributed by atoms with van der Waals surface area (Å²) < 4.78 is 0.812. The molecule has 2 N–H and O–H groups in total. The summed E-state index contributed by atoms with van der Waals surface area (Å²) in [5, 5.41) is 13.6. The van der Waals surface area contributed by atoms with Gasteiger partial charge in [-0.2, -0.15) is 0 Å². The van der Waals surface area contributed by atoms with Crippen molar-refractivity contribution in [2.24, 2.45) is 5.92 Å². The monoisotopic (exact) mass is 298 g/mol. The van der Waals surface area contributed by atoms with Crippen LogP contribution < -0.4 is 5.32 Å². The minimum absolute atomic E-state index is 0.559. The fraction of sp³-hybridized carbons (Fsp3) is 0.615. The van der Waals surface area contributed by atoms with E-state index in [1.807, 2.05) is 18.2 Å². The molecule has 1 fully saturated rings. The van der Waals surface area contributed by atoms with Crippen molar-refractivity contribution in [2.75, 3.05) is 11.9 Å². The average Bonchev–Trinajstić information content (AvgIpc) is 2.31. The van der Waals surface area contributed by atoms with E-state index < -0.39 is 5.60 Å². The largest absolute Gasteiger partial charge is 0.388 e. The number of nitrogens with one attached hydrogen (secondary N) is 1. The van der Waals surface area contributed by atoms with Gasteiger partial charge < -0.3 is 10.4 Å². The lowest BCUT2D eigenvalue weighted by molar-refractivity contribution is 0.00494. The fourth-order valence-electron chi connectivity index (χ4n) is 2.24. The minimum Gasteiger partial charge on any atom is -0.388 e. The van der Waals surface area contributed by atoms with Crippen LogP contribution in [0.25, 0.3) is 0 Å². The van der Waals surface area contributed by atoms with Gasteiger partial charge >= 0.3 is 0 Å². The van der Waals surface area contributed by atoms with Crippen LogP contribution in [-0.4, -0.2) is 22.2 Å². The van der Waals surface area contributed by atoms with E-state index in [-0.39, 0.29) is 0 Å². The molecule has 94 valence electrons. The van der Waals surface area contributed by atoms with E-state index in [1.54, 1.807) is 0 Å². The molecule has 0 amide bonds. The van der Waals surface area contributed by atoms with Crippen molar-refractivity contribution in [3.05, 3.63) is 22.8 Å². The van der Waals surface area contributed by atoms with Gasteiger partial charge in [-0.1, -0.05) is 13.0 Å².